The van der Waals surface area contributed by atoms with Crippen molar-refractivity contribution in [2.45, 2.75) is 19.5 Å². The van der Waals surface area contributed by atoms with E-state index >= 15 is 0 Å². The summed E-state index contributed by atoms with van der Waals surface area (Å²) in [7, 11) is 0. The molecule has 4 nitrogen and oxygen atoms in total. The van der Waals surface area contributed by atoms with Crippen molar-refractivity contribution in [2.75, 3.05) is 26.4 Å². The summed E-state index contributed by atoms with van der Waals surface area (Å²) >= 11 is 0. The van der Waals surface area contributed by atoms with E-state index < -0.39 is 0 Å². The predicted molar refractivity (Wildman–Crippen MR) is 73.2 cm³/mol. The summed E-state index contributed by atoms with van der Waals surface area (Å²) in [5, 5.41) is 3.40. The van der Waals surface area contributed by atoms with Crippen molar-refractivity contribution in [2.24, 2.45) is 11.8 Å². The van der Waals surface area contributed by atoms with Crippen LogP contribution in [0, 0.1) is 11.8 Å². The van der Waals surface area contributed by atoms with Gasteiger partial charge in [-0.25, -0.2) is 9.78 Å². The zero-order valence-electron chi connectivity index (χ0n) is 11.4. The average Bonchev–Trinajstić information content (AvgIpc) is 2.89. The molecule has 2 fully saturated rings. The Morgan fingerprint density at radius 1 is 1.16 bits per heavy atom. The van der Waals surface area contributed by atoms with Crippen molar-refractivity contribution in [3.05, 3.63) is 35.9 Å². The third-order valence-corrected chi connectivity index (χ3v) is 4.10. The van der Waals surface area contributed by atoms with E-state index in [-0.39, 0.29) is 0 Å². The van der Waals surface area contributed by atoms with Gasteiger partial charge in [0.25, 0.3) is 0 Å². The predicted octanol–water partition coefficient (Wildman–Crippen LogP) is 1.63. The number of likely N-dealkylation sites (tertiary alicyclic amines) is 1. The third-order valence-electron chi connectivity index (χ3n) is 4.10. The maximum absolute atomic E-state index is 5.00. The Morgan fingerprint density at radius 2 is 1.89 bits per heavy atom. The maximum Gasteiger partial charge on any atom is 0.133 e. The molecule has 3 atom stereocenters. The molecule has 0 radical (unpaired) electrons. The van der Waals surface area contributed by atoms with Gasteiger partial charge in [0.1, 0.15) is 6.73 Å². The molecule has 0 bridgehead atoms. The molecule has 1 N–H and O–H groups in total. The quantitative estimate of drug-likeness (QED) is 0.350. The van der Waals surface area contributed by atoms with E-state index in [4.69, 9.17) is 9.78 Å². The Labute approximate surface area is 114 Å². The van der Waals surface area contributed by atoms with Crippen LogP contribution in [0.5, 0.6) is 0 Å². The largest absolute Gasteiger partial charge is 0.298 e. The van der Waals surface area contributed by atoms with Gasteiger partial charge in [-0.2, -0.15) is 0 Å². The fourth-order valence-electron chi connectivity index (χ4n) is 3.14. The number of hydrogen-bond donors (Lipinski definition) is 1. The van der Waals surface area contributed by atoms with E-state index in [9.17, 15) is 0 Å². The van der Waals surface area contributed by atoms with E-state index in [2.05, 4.69) is 40.5 Å². The van der Waals surface area contributed by atoms with Crippen LogP contribution >= 0.6 is 0 Å². The number of hydrogen-bond acceptors (Lipinski definition) is 4. The minimum atomic E-state index is 0.504. The second-order valence-corrected chi connectivity index (χ2v) is 5.41. The first kappa shape index (κ1) is 13.1. The third kappa shape index (κ3) is 3.15. The summed E-state index contributed by atoms with van der Waals surface area (Å²) in [6, 6.07) is 11.3. The topological polar surface area (TPSA) is 33.7 Å². The number of nitrogens with zero attached hydrogens (tertiary/aromatic N) is 1. The molecule has 1 aliphatic heterocycles. The van der Waals surface area contributed by atoms with Gasteiger partial charge in [-0.3, -0.25) is 10.2 Å². The number of piperidine rings is 1. The second kappa shape index (κ2) is 6.01. The Hall–Kier alpha value is -0.940. The van der Waals surface area contributed by atoms with Crippen molar-refractivity contribution in [1.29, 1.82) is 0 Å². The summed E-state index contributed by atoms with van der Waals surface area (Å²) in [5.41, 5.74) is 1.41. The Bertz CT molecular complexity index is 386. The molecule has 2 aliphatic rings. The molecule has 0 spiro atoms. The smallest absolute Gasteiger partial charge is 0.133 e. The molecule has 19 heavy (non-hydrogen) atoms. The zero-order valence-corrected chi connectivity index (χ0v) is 11.4. The van der Waals surface area contributed by atoms with Gasteiger partial charge in [0.15, 0.2) is 0 Å². The lowest BCUT2D eigenvalue weighted by molar-refractivity contribution is -0.295. The highest BCUT2D eigenvalue weighted by molar-refractivity contribution is 5.16. The van der Waals surface area contributed by atoms with Gasteiger partial charge < -0.3 is 0 Å². The minimum Gasteiger partial charge on any atom is -0.298 e. The summed E-state index contributed by atoms with van der Waals surface area (Å²) < 4.78 is 0. The van der Waals surface area contributed by atoms with Gasteiger partial charge >= 0.3 is 0 Å². The summed E-state index contributed by atoms with van der Waals surface area (Å²) in [5.74, 6) is 1.60. The molecule has 1 aromatic carbocycles. The fourth-order valence-corrected chi connectivity index (χ4v) is 3.14. The molecular formula is C15H22N2O2. The van der Waals surface area contributed by atoms with Gasteiger partial charge in [-0.1, -0.05) is 30.3 Å². The van der Waals surface area contributed by atoms with Crippen molar-refractivity contribution < 1.29 is 9.78 Å². The van der Waals surface area contributed by atoms with Gasteiger partial charge in [-0.05, 0) is 24.3 Å². The minimum absolute atomic E-state index is 0.504. The lowest BCUT2D eigenvalue weighted by Gasteiger charge is -2.19. The second-order valence-electron chi connectivity index (χ2n) is 5.41. The standard InChI is InChI=1S/C15H22N2O2/c1-2-18-19-11-16-15-13-9-17(10-14(13)15)8-12-6-4-3-5-7-12/h3-7,13-16H,2,8-11H2,1H3/t13-,14+,15+. The average molecular weight is 262 g/mol. The van der Waals surface area contributed by atoms with Crippen LogP contribution in [0.1, 0.15) is 12.5 Å². The van der Waals surface area contributed by atoms with Crippen LogP contribution in [-0.4, -0.2) is 37.4 Å². The molecule has 3 rings (SSSR count). The van der Waals surface area contributed by atoms with E-state index in [1.165, 1.54) is 18.7 Å². The first-order valence-corrected chi connectivity index (χ1v) is 7.12. The molecule has 1 saturated carbocycles. The molecule has 4 heteroatoms. The maximum atomic E-state index is 5.00. The van der Waals surface area contributed by atoms with Crippen LogP contribution in [0.2, 0.25) is 0 Å². The number of fused-ring (bicyclic) bond motifs is 1. The monoisotopic (exact) mass is 262 g/mol. The number of rotatable bonds is 7. The molecule has 0 unspecified atom stereocenters. The Morgan fingerprint density at radius 3 is 2.58 bits per heavy atom. The molecule has 0 aromatic heterocycles. The lowest BCUT2D eigenvalue weighted by atomic mass is 10.2. The SMILES string of the molecule is CCOOCN[C@H]1[C@@H]2CN(Cc3ccccc3)C[C@@H]21. The molecule has 104 valence electrons. The van der Waals surface area contributed by atoms with Crippen LogP contribution in [0.3, 0.4) is 0 Å². The van der Waals surface area contributed by atoms with Crippen molar-refractivity contribution in [3.8, 4) is 0 Å². The summed E-state index contributed by atoms with van der Waals surface area (Å²) in [4.78, 5) is 12.4. The highest BCUT2D eigenvalue weighted by atomic mass is 17.2. The van der Waals surface area contributed by atoms with Crippen LogP contribution in [-0.2, 0) is 16.3 Å². The fraction of sp³-hybridized carbons (Fsp3) is 0.600. The van der Waals surface area contributed by atoms with Gasteiger partial charge in [0.05, 0.1) is 6.61 Å². The van der Waals surface area contributed by atoms with Gasteiger partial charge in [0, 0.05) is 25.7 Å². The first-order valence-electron chi connectivity index (χ1n) is 7.12. The van der Waals surface area contributed by atoms with Crippen molar-refractivity contribution in [3.63, 3.8) is 0 Å². The molecule has 1 aliphatic carbocycles. The lowest BCUT2D eigenvalue weighted by Crippen LogP contribution is -2.32. The number of nitrogens with one attached hydrogen (secondary N) is 1. The highest BCUT2D eigenvalue weighted by Crippen LogP contribution is 2.45. The van der Waals surface area contributed by atoms with Gasteiger partial charge in [-0.15, -0.1) is 0 Å². The number of benzene rings is 1. The van der Waals surface area contributed by atoms with E-state index in [0.29, 0.717) is 19.4 Å². The summed E-state index contributed by atoms with van der Waals surface area (Å²) in [6.07, 6.45) is 0. The molecule has 0 amide bonds. The van der Waals surface area contributed by atoms with Gasteiger partial charge in [0.2, 0.25) is 0 Å². The molecule has 1 saturated heterocycles. The zero-order chi connectivity index (χ0) is 13.1. The Kier molecular flexibility index (Phi) is 4.13. The molecule has 1 heterocycles. The van der Waals surface area contributed by atoms with Crippen LogP contribution in [0.25, 0.3) is 0 Å². The molecular weight excluding hydrogens is 240 g/mol. The van der Waals surface area contributed by atoms with E-state index in [0.717, 1.165) is 18.4 Å². The van der Waals surface area contributed by atoms with Crippen molar-refractivity contribution >= 4 is 0 Å². The molecule has 1 aromatic rings. The van der Waals surface area contributed by atoms with Crippen LogP contribution in [0.15, 0.2) is 30.3 Å². The highest BCUT2D eigenvalue weighted by Gasteiger charge is 2.55. The normalized spacial score (nSPS) is 29.4. The van der Waals surface area contributed by atoms with Crippen LogP contribution < -0.4 is 5.32 Å². The first-order chi connectivity index (χ1) is 9.38. The van der Waals surface area contributed by atoms with Crippen molar-refractivity contribution in [1.82, 2.24) is 10.2 Å². The van der Waals surface area contributed by atoms with E-state index in [1.54, 1.807) is 0 Å². The van der Waals surface area contributed by atoms with Crippen LogP contribution in [0.4, 0.5) is 0 Å². The summed E-state index contributed by atoms with van der Waals surface area (Å²) in [6.45, 7) is 6.51. The van der Waals surface area contributed by atoms with E-state index in [1.807, 2.05) is 6.92 Å². The Balaban J connectivity index is 1.36.